The van der Waals surface area contributed by atoms with Gasteiger partial charge in [-0.05, 0) is 13.0 Å². The molecular formula is C9H10ClN3O. The number of rotatable bonds is 2. The van der Waals surface area contributed by atoms with Crippen molar-refractivity contribution in [3.05, 3.63) is 17.3 Å². The van der Waals surface area contributed by atoms with Gasteiger partial charge in [0.05, 0.1) is 11.6 Å². The smallest absolute Gasteiger partial charge is 0.298 e. The van der Waals surface area contributed by atoms with Crippen molar-refractivity contribution in [2.24, 2.45) is 7.05 Å². The van der Waals surface area contributed by atoms with E-state index in [-0.39, 0.29) is 0 Å². The van der Waals surface area contributed by atoms with Crippen LogP contribution in [0.5, 0.6) is 6.01 Å². The number of fused-ring (bicyclic) bond motifs is 1. The third-order valence-electron chi connectivity index (χ3n) is 1.94. The van der Waals surface area contributed by atoms with Crippen molar-refractivity contribution in [3.8, 4) is 6.01 Å². The molecular weight excluding hydrogens is 202 g/mol. The maximum Gasteiger partial charge on any atom is 0.298 e. The Hall–Kier alpha value is -1.29. The van der Waals surface area contributed by atoms with E-state index < -0.39 is 0 Å². The first-order valence-corrected chi connectivity index (χ1v) is 4.71. The fourth-order valence-electron chi connectivity index (χ4n) is 1.29. The lowest BCUT2D eigenvalue weighted by Gasteiger charge is -2.00. The van der Waals surface area contributed by atoms with E-state index in [9.17, 15) is 0 Å². The Morgan fingerprint density at radius 2 is 2.36 bits per heavy atom. The zero-order valence-electron chi connectivity index (χ0n) is 7.99. The molecule has 0 saturated heterocycles. The van der Waals surface area contributed by atoms with E-state index in [4.69, 9.17) is 16.3 Å². The molecule has 74 valence electrons. The van der Waals surface area contributed by atoms with Gasteiger partial charge < -0.3 is 4.74 Å². The summed E-state index contributed by atoms with van der Waals surface area (Å²) in [5.74, 6) is 0. The number of aromatic nitrogens is 3. The predicted molar refractivity (Wildman–Crippen MR) is 54.7 cm³/mol. The molecule has 0 radical (unpaired) electrons. The van der Waals surface area contributed by atoms with Crippen LogP contribution in [0.2, 0.25) is 5.02 Å². The molecule has 0 aliphatic heterocycles. The molecule has 0 spiro atoms. The highest BCUT2D eigenvalue weighted by molar-refractivity contribution is 6.34. The lowest BCUT2D eigenvalue weighted by atomic mass is 10.4. The second kappa shape index (κ2) is 3.46. The van der Waals surface area contributed by atoms with Crippen LogP contribution >= 0.6 is 11.6 Å². The average molecular weight is 212 g/mol. The molecule has 0 aliphatic rings. The standard InChI is InChI=1S/C9H10ClN3O/c1-3-14-9-12-7-6(10)4-5-11-8(7)13(9)2/h4-5H,3H2,1-2H3. The van der Waals surface area contributed by atoms with Crippen molar-refractivity contribution in [2.45, 2.75) is 6.92 Å². The van der Waals surface area contributed by atoms with Gasteiger partial charge in [0.2, 0.25) is 0 Å². The van der Waals surface area contributed by atoms with Crippen LogP contribution in [0.15, 0.2) is 12.3 Å². The predicted octanol–water partition coefficient (Wildman–Crippen LogP) is 2.02. The van der Waals surface area contributed by atoms with Gasteiger partial charge in [-0.3, -0.25) is 4.57 Å². The minimum Gasteiger partial charge on any atom is -0.465 e. The Kier molecular flexibility index (Phi) is 2.29. The second-order valence-corrected chi connectivity index (χ2v) is 3.26. The van der Waals surface area contributed by atoms with Crippen LogP contribution in [0.1, 0.15) is 6.92 Å². The van der Waals surface area contributed by atoms with Crippen molar-refractivity contribution < 1.29 is 4.74 Å². The van der Waals surface area contributed by atoms with Gasteiger partial charge in [0, 0.05) is 13.2 Å². The third kappa shape index (κ3) is 1.32. The molecule has 4 nitrogen and oxygen atoms in total. The lowest BCUT2D eigenvalue weighted by Crippen LogP contribution is -1.99. The van der Waals surface area contributed by atoms with Crippen molar-refractivity contribution in [3.63, 3.8) is 0 Å². The molecule has 0 unspecified atom stereocenters. The van der Waals surface area contributed by atoms with Crippen LogP contribution in [-0.2, 0) is 7.05 Å². The largest absolute Gasteiger partial charge is 0.465 e. The highest BCUT2D eigenvalue weighted by Gasteiger charge is 2.11. The SMILES string of the molecule is CCOc1nc2c(Cl)ccnc2n1C. The van der Waals surface area contributed by atoms with Gasteiger partial charge in [-0.25, -0.2) is 4.98 Å². The summed E-state index contributed by atoms with van der Waals surface area (Å²) in [6, 6.07) is 2.26. The number of nitrogens with zero attached hydrogens (tertiary/aromatic N) is 3. The summed E-state index contributed by atoms with van der Waals surface area (Å²) in [6.45, 7) is 2.49. The Morgan fingerprint density at radius 3 is 3.00 bits per heavy atom. The van der Waals surface area contributed by atoms with E-state index in [1.165, 1.54) is 0 Å². The van der Waals surface area contributed by atoms with Gasteiger partial charge in [-0.15, -0.1) is 0 Å². The maximum atomic E-state index is 5.97. The lowest BCUT2D eigenvalue weighted by molar-refractivity contribution is 0.304. The quantitative estimate of drug-likeness (QED) is 0.763. The van der Waals surface area contributed by atoms with Crippen molar-refractivity contribution in [1.82, 2.24) is 14.5 Å². The molecule has 0 N–H and O–H groups in total. The molecule has 2 rings (SSSR count). The van der Waals surface area contributed by atoms with Gasteiger partial charge in [0.25, 0.3) is 6.01 Å². The zero-order chi connectivity index (χ0) is 10.1. The molecule has 5 heteroatoms. The number of aryl methyl sites for hydroxylation is 1. The van der Waals surface area contributed by atoms with Crippen LogP contribution in [0.3, 0.4) is 0 Å². The van der Waals surface area contributed by atoms with Crippen LogP contribution in [0, 0.1) is 0 Å². The first-order valence-electron chi connectivity index (χ1n) is 4.33. The van der Waals surface area contributed by atoms with Crippen LogP contribution < -0.4 is 4.74 Å². The van der Waals surface area contributed by atoms with E-state index in [2.05, 4.69) is 9.97 Å². The molecule has 0 aromatic carbocycles. The first kappa shape index (κ1) is 9.27. The van der Waals surface area contributed by atoms with Crippen molar-refractivity contribution in [1.29, 1.82) is 0 Å². The monoisotopic (exact) mass is 211 g/mol. The third-order valence-corrected chi connectivity index (χ3v) is 2.25. The summed E-state index contributed by atoms with van der Waals surface area (Å²) in [5, 5.41) is 0.594. The molecule has 2 aromatic rings. The molecule has 0 aliphatic carbocycles. The molecule has 0 bridgehead atoms. The highest BCUT2D eigenvalue weighted by Crippen LogP contribution is 2.24. The molecule has 14 heavy (non-hydrogen) atoms. The number of ether oxygens (including phenoxy) is 1. The van der Waals surface area contributed by atoms with Gasteiger partial charge in [-0.1, -0.05) is 11.6 Å². The van der Waals surface area contributed by atoms with Crippen LogP contribution in [-0.4, -0.2) is 21.1 Å². The average Bonchev–Trinajstić information content (AvgIpc) is 2.48. The minimum absolute atomic E-state index is 0.545. The molecule has 0 fully saturated rings. The summed E-state index contributed by atoms with van der Waals surface area (Å²) in [7, 11) is 1.85. The van der Waals surface area contributed by atoms with Gasteiger partial charge in [0.15, 0.2) is 5.65 Å². The maximum absolute atomic E-state index is 5.97. The number of imidazole rings is 1. The minimum atomic E-state index is 0.545. The summed E-state index contributed by atoms with van der Waals surface area (Å²) >= 11 is 5.97. The summed E-state index contributed by atoms with van der Waals surface area (Å²) in [4.78, 5) is 8.43. The van der Waals surface area contributed by atoms with E-state index in [0.717, 1.165) is 5.65 Å². The number of pyridine rings is 1. The van der Waals surface area contributed by atoms with Crippen molar-refractivity contribution >= 4 is 22.8 Å². The van der Waals surface area contributed by atoms with E-state index in [0.29, 0.717) is 23.2 Å². The fraction of sp³-hybridized carbons (Fsp3) is 0.333. The highest BCUT2D eigenvalue weighted by atomic mass is 35.5. The van der Waals surface area contributed by atoms with E-state index in [1.54, 1.807) is 16.8 Å². The molecule has 0 amide bonds. The van der Waals surface area contributed by atoms with Crippen molar-refractivity contribution in [2.75, 3.05) is 6.61 Å². The van der Waals surface area contributed by atoms with Gasteiger partial charge in [0.1, 0.15) is 5.52 Å². The number of hydrogen-bond donors (Lipinski definition) is 0. The normalized spacial score (nSPS) is 10.8. The van der Waals surface area contributed by atoms with Crippen LogP contribution in [0.25, 0.3) is 11.2 Å². The Morgan fingerprint density at radius 1 is 1.57 bits per heavy atom. The molecule has 2 heterocycles. The van der Waals surface area contributed by atoms with Gasteiger partial charge in [-0.2, -0.15) is 4.98 Å². The summed E-state index contributed by atoms with van der Waals surface area (Å²) in [6.07, 6.45) is 1.65. The summed E-state index contributed by atoms with van der Waals surface area (Å²) < 4.78 is 7.11. The molecule has 0 saturated carbocycles. The zero-order valence-corrected chi connectivity index (χ0v) is 8.75. The fourth-order valence-corrected chi connectivity index (χ4v) is 1.47. The van der Waals surface area contributed by atoms with Crippen LogP contribution in [0.4, 0.5) is 0 Å². The Labute approximate surface area is 86.5 Å². The topological polar surface area (TPSA) is 39.9 Å². The summed E-state index contributed by atoms with van der Waals surface area (Å²) in [5.41, 5.74) is 1.42. The molecule has 0 atom stereocenters. The Balaban J connectivity index is 2.67. The van der Waals surface area contributed by atoms with E-state index >= 15 is 0 Å². The van der Waals surface area contributed by atoms with Gasteiger partial charge >= 0.3 is 0 Å². The molecule has 2 aromatic heterocycles. The number of halogens is 1. The van der Waals surface area contributed by atoms with E-state index in [1.807, 2.05) is 14.0 Å². The number of hydrogen-bond acceptors (Lipinski definition) is 3. The first-order chi connectivity index (χ1) is 6.74. The Bertz CT molecular complexity index is 466. The second-order valence-electron chi connectivity index (χ2n) is 2.85.